The van der Waals surface area contributed by atoms with E-state index in [0.29, 0.717) is 21.3 Å². The molecule has 2 aromatic heterocycles. The second-order valence-corrected chi connectivity index (χ2v) is 8.68. The van der Waals surface area contributed by atoms with E-state index in [4.69, 9.17) is 5.11 Å². The van der Waals surface area contributed by atoms with Gasteiger partial charge < -0.3 is 10.4 Å². The summed E-state index contributed by atoms with van der Waals surface area (Å²) in [6.07, 6.45) is 0. The third-order valence-electron chi connectivity index (χ3n) is 3.37. The van der Waals surface area contributed by atoms with E-state index in [9.17, 15) is 9.59 Å². The summed E-state index contributed by atoms with van der Waals surface area (Å²) in [5.41, 5.74) is 1.06. The molecule has 0 bridgehead atoms. The number of carbonyl (C=O) groups is 2. The van der Waals surface area contributed by atoms with Gasteiger partial charge >= 0.3 is 5.97 Å². The SMILES string of the molecule is Cc1nc(C(C)NC(=O)c2sc(C(C)(C)C)nc2C)sc1C(=O)O. The summed E-state index contributed by atoms with van der Waals surface area (Å²) in [6.45, 7) is 11.4. The zero-order valence-electron chi connectivity index (χ0n) is 14.6. The van der Waals surface area contributed by atoms with Crippen molar-refractivity contribution in [1.29, 1.82) is 0 Å². The first-order valence-electron chi connectivity index (χ1n) is 7.50. The van der Waals surface area contributed by atoms with Crippen LogP contribution in [0.3, 0.4) is 0 Å². The van der Waals surface area contributed by atoms with Crippen molar-refractivity contribution in [2.45, 2.75) is 53.0 Å². The molecule has 0 aliphatic carbocycles. The zero-order valence-corrected chi connectivity index (χ0v) is 16.2. The van der Waals surface area contributed by atoms with E-state index in [1.807, 2.05) is 6.92 Å². The van der Waals surface area contributed by atoms with Gasteiger partial charge in [-0.25, -0.2) is 14.8 Å². The highest BCUT2D eigenvalue weighted by atomic mass is 32.1. The van der Waals surface area contributed by atoms with Gasteiger partial charge in [0.15, 0.2) is 0 Å². The largest absolute Gasteiger partial charge is 0.477 e. The number of aromatic carboxylic acids is 1. The summed E-state index contributed by atoms with van der Waals surface area (Å²) >= 11 is 2.48. The van der Waals surface area contributed by atoms with Crippen molar-refractivity contribution < 1.29 is 14.7 Å². The van der Waals surface area contributed by atoms with Crippen LogP contribution in [0.5, 0.6) is 0 Å². The molecule has 0 aliphatic rings. The van der Waals surface area contributed by atoms with Crippen LogP contribution in [-0.4, -0.2) is 27.0 Å². The molecular weight excluding hydrogens is 346 g/mol. The Morgan fingerprint density at radius 2 is 1.67 bits per heavy atom. The van der Waals surface area contributed by atoms with E-state index in [1.165, 1.54) is 11.3 Å². The molecule has 1 unspecified atom stereocenters. The third kappa shape index (κ3) is 3.81. The van der Waals surface area contributed by atoms with Crippen LogP contribution < -0.4 is 5.32 Å². The first kappa shape index (κ1) is 18.5. The normalized spacial score (nSPS) is 12.9. The average Bonchev–Trinajstić information content (AvgIpc) is 3.01. The molecule has 2 aromatic rings. The number of hydrogen-bond donors (Lipinski definition) is 2. The summed E-state index contributed by atoms with van der Waals surface area (Å²) < 4.78 is 0. The molecule has 0 aromatic carbocycles. The van der Waals surface area contributed by atoms with Crippen LogP contribution in [0.2, 0.25) is 0 Å². The minimum Gasteiger partial charge on any atom is -0.477 e. The Kier molecular flexibility index (Phi) is 5.10. The predicted octanol–water partition coefficient (Wildman–Crippen LogP) is 3.70. The second kappa shape index (κ2) is 6.60. The molecule has 2 rings (SSSR count). The Balaban J connectivity index is 2.19. The summed E-state index contributed by atoms with van der Waals surface area (Å²) in [5, 5.41) is 13.5. The summed E-state index contributed by atoms with van der Waals surface area (Å²) in [7, 11) is 0. The maximum Gasteiger partial charge on any atom is 0.347 e. The van der Waals surface area contributed by atoms with Gasteiger partial charge in [0.1, 0.15) is 14.8 Å². The highest BCUT2D eigenvalue weighted by Gasteiger charge is 2.25. The number of carbonyl (C=O) groups excluding carboxylic acids is 1. The minimum absolute atomic E-state index is 0.109. The van der Waals surface area contributed by atoms with E-state index in [0.717, 1.165) is 16.3 Å². The lowest BCUT2D eigenvalue weighted by molar-refractivity contribution is 0.0701. The van der Waals surface area contributed by atoms with Crippen LogP contribution in [0.15, 0.2) is 0 Å². The van der Waals surface area contributed by atoms with Gasteiger partial charge in [-0.1, -0.05) is 20.8 Å². The number of rotatable bonds is 4. The molecule has 24 heavy (non-hydrogen) atoms. The topological polar surface area (TPSA) is 92.2 Å². The number of amides is 1. The van der Waals surface area contributed by atoms with Crippen molar-refractivity contribution in [2.75, 3.05) is 0 Å². The maximum absolute atomic E-state index is 12.5. The number of aryl methyl sites for hydroxylation is 2. The van der Waals surface area contributed by atoms with Crippen LogP contribution in [0.1, 0.15) is 74.5 Å². The van der Waals surface area contributed by atoms with Gasteiger partial charge in [0, 0.05) is 5.41 Å². The summed E-state index contributed by atoms with van der Waals surface area (Å²) in [4.78, 5) is 33.2. The van der Waals surface area contributed by atoms with Crippen molar-refractivity contribution in [2.24, 2.45) is 0 Å². The number of carboxylic acid groups (broad SMARTS) is 1. The van der Waals surface area contributed by atoms with Crippen molar-refractivity contribution in [3.8, 4) is 0 Å². The zero-order chi connectivity index (χ0) is 18.2. The lowest BCUT2D eigenvalue weighted by Gasteiger charge is -2.13. The second-order valence-electron chi connectivity index (χ2n) is 6.65. The molecule has 0 aliphatic heterocycles. The number of thiazole rings is 2. The molecule has 0 fully saturated rings. The van der Waals surface area contributed by atoms with Gasteiger partial charge in [-0.3, -0.25) is 4.79 Å². The van der Waals surface area contributed by atoms with Gasteiger partial charge in [0.25, 0.3) is 5.91 Å². The maximum atomic E-state index is 12.5. The quantitative estimate of drug-likeness (QED) is 0.859. The number of nitrogens with zero attached hydrogens (tertiary/aromatic N) is 2. The lowest BCUT2D eigenvalue weighted by Crippen LogP contribution is -2.26. The highest BCUT2D eigenvalue weighted by Crippen LogP contribution is 2.30. The molecular formula is C16H21N3O3S2. The Morgan fingerprint density at radius 3 is 2.12 bits per heavy atom. The molecule has 2 N–H and O–H groups in total. The van der Waals surface area contributed by atoms with Crippen LogP contribution in [0, 0.1) is 13.8 Å². The van der Waals surface area contributed by atoms with Crippen LogP contribution in [0.4, 0.5) is 0 Å². The molecule has 1 atom stereocenters. The van der Waals surface area contributed by atoms with E-state index in [1.54, 1.807) is 13.8 Å². The van der Waals surface area contributed by atoms with Gasteiger partial charge in [-0.2, -0.15) is 0 Å². The summed E-state index contributed by atoms with van der Waals surface area (Å²) in [6, 6.07) is -0.367. The Bertz CT molecular complexity index is 787. The molecule has 130 valence electrons. The fourth-order valence-corrected chi connectivity index (χ4v) is 3.99. The van der Waals surface area contributed by atoms with E-state index < -0.39 is 5.97 Å². The molecule has 0 saturated heterocycles. The number of carboxylic acids is 1. The van der Waals surface area contributed by atoms with Crippen molar-refractivity contribution >= 4 is 34.6 Å². The van der Waals surface area contributed by atoms with Crippen molar-refractivity contribution in [1.82, 2.24) is 15.3 Å². The highest BCUT2D eigenvalue weighted by molar-refractivity contribution is 7.14. The molecule has 2 heterocycles. The minimum atomic E-state index is -0.997. The number of nitrogens with one attached hydrogen (secondary N) is 1. The molecule has 0 saturated carbocycles. The molecule has 0 spiro atoms. The van der Waals surface area contributed by atoms with E-state index in [-0.39, 0.29) is 22.2 Å². The predicted molar refractivity (Wildman–Crippen MR) is 95.2 cm³/mol. The molecule has 1 amide bonds. The monoisotopic (exact) mass is 367 g/mol. The smallest absolute Gasteiger partial charge is 0.347 e. The van der Waals surface area contributed by atoms with Gasteiger partial charge in [-0.05, 0) is 20.8 Å². The fraction of sp³-hybridized carbons (Fsp3) is 0.500. The van der Waals surface area contributed by atoms with Crippen LogP contribution in [0.25, 0.3) is 0 Å². The Hall–Kier alpha value is -1.80. The molecule has 6 nitrogen and oxygen atoms in total. The van der Waals surface area contributed by atoms with Crippen LogP contribution >= 0.6 is 22.7 Å². The first-order valence-corrected chi connectivity index (χ1v) is 9.13. The Labute approximate surface area is 149 Å². The van der Waals surface area contributed by atoms with Crippen LogP contribution in [-0.2, 0) is 5.41 Å². The number of hydrogen-bond acceptors (Lipinski definition) is 6. The third-order valence-corrected chi connectivity index (χ3v) is 6.28. The fourth-order valence-electron chi connectivity index (χ4n) is 2.05. The van der Waals surface area contributed by atoms with E-state index >= 15 is 0 Å². The first-order chi connectivity index (χ1) is 11.0. The molecule has 8 heteroatoms. The van der Waals surface area contributed by atoms with Gasteiger partial charge in [0.2, 0.25) is 0 Å². The average molecular weight is 367 g/mol. The van der Waals surface area contributed by atoms with Crippen molar-refractivity contribution in [3.63, 3.8) is 0 Å². The van der Waals surface area contributed by atoms with E-state index in [2.05, 4.69) is 36.1 Å². The summed E-state index contributed by atoms with van der Waals surface area (Å²) in [5.74, 6) is -1.21. The Morgan fingerprint density at radius 1 is 1.08 bits per heavy atom. The molecule has 0 radical (unpaired) electrons. The lowest BCUT2D eigenvalue weighted by atomic mass is 9.98. The number of aromatic nitrogens is 2. The standard InChI is InChI=1S/C16H21N3O3S2/c1-7-10(24-15(19-7)16(4,5)6)12(20)17-9(3)13-18-8(2)11(23-13)14(21)22/h9H,1-6H3,(H,17,20)(H,21,22). The van der Waals surface area contributed by atoms with Gasteiger partial charge in [0.05, 0.1) is 22.4 Å². The van der Waals surface area contributed by atoms with Crippen molar-refractivity contribution in [3.05, 3.63) is 31.2 Å². The van der Waals surface area contributed by atoms with Gasteiger partial charge in [-0.15, -0.1) is 22.7 Å².